The van der Waals surface area contributed by atoms with E-state index in [-0.39, 0.29) is 32.2 Å². The highest BCUT2D eigenvalue weighted by Crippen LogP contribution is 2.42. The molecule has 2 atom stereocenters. The molecule has 3 aromatic rings. The maximum Gasteiger partial charge on any atom is 0.418 e. The lowest BCUT2D eigenvalue weighted by molar-refractivity contribution is -0.143. The molecule has 292 valence electrons. The summed E-state index contributed by atoms with van der Waals surface area (Å²) in [6.07, 6.45) is -11.0. The summed E-state index contributed by atoms with van der Waals surface area (Å²) in [7, 11) is 0. The Morgan fingerprint density at radius 2 is 1.46 bits per heavy atom. The Balaban J connectivity index is 1.07. The molecule has 5 aliphatic rings. The first-order valence-electron chi connectivity index (χ1n) is 18.2. The average molecular weight is 765 g/mol. The highest BCUT2D eigenvalue weighted by atomic mass is 19.4. The van der Waals surface area contributed by atoms with Crippen molar-refractivity contribution in [1.82, 2.24) is 34.4 Å². The molecule has 1 aromatic heterocycles. The van der Waals surface area contributed by atoms with Gasteiger partial charge in [0.05, 0.1) is 22.9 Å². The minimum absolute atomic E-state index is 0.0982. The van der Waals surface area contributed by atoms with E-state index >= 15 is 0 Å². The monoisotopic (exact) mass is 764 g/mol. The first kappa shape index (κ1) is 37.7. The number of nitrogens with zero attached hydrogens (tertiary/aromatic N) is 6. The van der Waals surface area contributed by atoms with E-state index in [4.69, 9.17) is 10.5 Å². The van der Waals surface area contributed by atoms with E-state index in [1.807, 2.05) is 18.2 Å². The Morgan fingerprint density at radius 3 is 2.02 bits per heavy atom. The third-order valence-electron chi connectivity index (χ3n) is 11.3. The van der Waals surface area contributed by atoms with Crippen molar-refractivity contribution in [2.45, 2.75) is 62.6 Å². The summed E-state index contributed by atoms with van der Waals surface area (Å²) in [5.74, 6) is 0.240. The summed E-state index contributed by atoms with van der Waals surface area (Å²) in [4.78, 5) is 50.6. The number of ether oxygens (including phenoxy) is 1. The van der Waals surface area contributed by atoms with Gasteiger partial charge in [-0.1, -0.05) is 30.3 Å². The minimum Gasteiger partial charge on any atom is -0.436 e. The molecule has 1 unspecified atom stereocenters. The Labute approximate surface area is 306 Å². The van der Waals surface area contributed by atoms with Crippen molar-refractivity contribution in [3.8, 4) is 11.4 Å². The number of nitrogens with one attached hydrogen (secondary N) is 1. The van der Waals surface area contributed by atoms with Gasteiger partial charge in [-0.3, -0.25) is 14.7 Å². The number of amides is 2. The van der Waals surface area contributed by atoms with Gasteiger partial charge in [0, 0.05) is 63.8 Å². The number of aromatic amines is 1. The predicted octanol–water partition coefficient (Wildman–Crippen LogP) is 4.48. The summed E-state index contributed by atoms with van der Waals surface area (Å²) in [6.45, 7) is 4.86. The van der Waals surface area contributed by atoms with Crippen LogP contribution in [0, 0.1) is 5.92 Å². The molecule has 54 heavy (non-hydrogen) atoms. The predicted molar refractivity (Wildman–Crippen MR) is 184 cm³/mol. The van der Waals surface area contributed by atoms with Gasteiger partial charge in [0.25, 0.3) is 5.91 Å². The van der Waals surface area contributed by atoms with Crippen LogP contribution in [0.3, 0.4) is 0 Å². The van der Waals surface area contributed by atoms with E-state index in [0.29, 0.717) is 55.8 Å². The molecule has 0 spiro atoms. The van der Waals surface area contributed by atoms with Crippen LogP contribution in [-0.2, 0) is 28.3 Å². The third kappa shape index (κ3) is 7.94. The zero-order valence-electron chi connectivity index (χ0n) is 29.4. The number of halogens is 6. The van der Waals surface area contributed by atoms with Crippen molar-refractivity contribution in [2.24, 2.45) is 5.92 Å². The molecule has 6 heterocycles. The van der Waals surface area contributed by atoms with Gasteiger partial charge >= 0.3 is 24.1 Å². The number of piperazine rings is 1. The summed E-state index contributed by atoms with van der Waals surface area (Å²) in [5.41, 5.74) is 0.287. The molecule has 0 aliphatic carbocycles. The van der Waals surface area contributed by atoms with Crippen molar-refractivity contribution < 1.29 is 40.7 Å². The van der Waals surface area contributed by atoms with Crippen molar-refractivity contribution in [2.75, 3.05) is 64.6 Å². The quantitative estimate of drug-likeness (QED) is 0.266. The van der Waals surface area contributed by atoms with Gasteiger partial charge in [-0.15, -0.1) is 5.10 Å². The molecule has 8 rings (SSSR count). The van der Waals surface area contributed by atoms with Crippen LogP contribution in [0.15, 0.2) is 47.3 Å². The molecule has 5 fully saturated rings. The molecular weight excluding hydrogens is 722 g/mol. The van der Waals surface area contributed by atoms with Gasteiger partial charge in [0.2, 0.25) is 0 Å². The lowest BCUT2D eigenvalue weighted by Crippen LogP contribution is -2.62. The molecule has 2 bridgehead atoms. The van der Waals surface area contributed by atoms with Crippen molar-refractivity contribution >= 4 is 17.7 Å². The van der Waals surface area contributed by atoms with Gasteiger partial charge in [0.1, 0.15) is 0 Å². The largest absolute Gasteiger partial charge is 0.436 e. The molecule has 3 N–H and O–H groups in total. The first-order valence-corrected chi connectivity index (χ1v) is 18.2. The SMILES string of the molecule is Nc1c(C(F)(F)F)cc(C[C@@H](OC(=O)N2CCC(n3nc(-c4ccccc4)[nH]c3=O)CC2)C(=O)N2CCN(C3CN4CCC3CC4)CC2)cc1C(F)(F)F. The number of carbonyl (C=O) groups is 2. The lowest BCUT2D eigenvalue weighted by Gasteiger charge is -2.51. The number of nitrogen functional groups attached to an aromatic ring is 1. The van der Waals surface area contributed by atoms with Crippen LogP contribution in [0.4, 0.5) is 36.8 Å². The van der Waals surface area contributed by atoms with Crippen LogP contribution in [0.5, 0.6) is 0 Å². The Hall–Kier alpha value is -4.58. The van der Waals surface area contributed by atoms with Crippen LogP contribution in [0.2, 0.25) is 0 Å². The third-order valence-corrected chi connectivity index (χ3v) is 11.3. The number of anilines is 1. The fraction of sp³-hybridized carbons (Fsp3) is 0.556. The lowest BCUT2D eigenvalue weighted by atomic mass is 9.83. The van der Waals surface area contributed by atoms with Crippen LogP contribution >= 0.6 is 0 Å². The summed E-state index contributed by atoms with van der Waals surface area (Å²) in [5, 5.41) is 4.43. The van der Waals surface area contributed by atoms with E-state index in [1.54, 1.807) is 12.1 Å². The fourth-order valence-electron chi connectivity index (χ4n) is 8.32. The Bertz CT molecular complexity index is 1840. The zero-order chi connectivity index (χ0) is 38.4. The van der Waals surface area contributed by atoms with Crippen LogP contribution in [0.1, 0.15) is 48.4 Å². The number of alkyl halides is 6. The van der Waals surface area contributed by atoms with Gasteiger partial charge < -0.3 is 25.2 Å². The number of fused-ring (bicyclic) bond motifs is 3. The highest BCUT2D eigenvalue weighted by molar-refractivity contribution is 5.84. The second-order valence-corrected chi connectivity index (χ2v) is 14.6. The summed E-state index contributed by atoms with van der Waals surface area (Å²) in [6, 6.07) is 9.99. The number of carbonyl (C=O) groups excluding carboxylic acids is 2. The number of aromatic nitrogens is 3. The zero-order valence-corrected chi connectivity index (χ0v) is 29.4. The van der Waals surface area contributed by atoms with Gasteiger partial charge in [-0.25, -0.2) is 14.3 Å². The van der Waals surface area contributed by atoms with Crippen molar-refractivity contribution in [3.63, 3.8) is 0 Å². The topological polar surface area (TPSA) is 133 Å². The number of nitrogens with two attached hydrogens (primary N) is 1. The molecule has 0 radical (unpaired) electrons. The minimum atomic E-state index is -5.22. The van der Waals surface area contributed by atoms with Crippen molar-refractivity contribution in [3.05, 3.63) is 69.6 Å². The fourth-order valence-corrected chi connectivity index (χ4v) is 8.32. The number of hydrogen-bond acceptors (Lipinski definition) is 8. The smallest absolute Gasteiger partial charge is 0.418 e. The van der Waals surface area contributed by atoms with Crippen LogP contribution < -0.4 is 11.4 Å². The van der Waals surface area contributed by atoms with Crippen molar-refractivity contribution in [1.29, 1.82) is 0 Å². The number of piperidine rings is 4. The Kier molecular flexibility index (Phi) is 10.4. The Morgan fingerprint density at radius 1 is 0.852 bits per heavy atom. The average Bonchev–Trinajstić information content (AvgIpc) is 3.56. The molecule has 5 saturated heterocycles. The molecule has 2 aromatic carbocycles. The number of hydrogen-bond donors (Lipinski definition) is 2. The highest BCUT2D eigenvalue weighted by Gasteiger charge is 2.43. The van der Waals surface area contributed by atoms with E-state index in [1.165, 1.54) is 14.5 Å². The number of likely N-dealkylation sites (tertiary alicyclic amines) is 1. The molecule has 5 aliphatic heterocycles. The van der Waals surface area contributed by atoms with Gasteiger partial charge in [-0.2, -0.15) is 26.3 Å². The van der Waals surface area contributed by atoms with E-state index in [9.17, 15) is 40.7 Å². The van der Waals surface area contributed by atoms with E-state index in [2.05, 4.69) is 19.9 Å². The van der Waals surface area contributed by atoms with Gasteiger partial charge in [0.15, 0.2) is 11.9 Å². The molecule has 12 nitrogen and oxygen atoms in total. The molecule has 0 saturated carbocycles. The second-order valence-electron chi connectivity index (χ2n) is 14.6. The number of rotatable bonds is 7. The van der Waals surface area contributed by atoms with Gasteiger partial charge in [-0.05, 0) is 62.4 Å². The number of H-pyrrole nitrogens is 1. The van der Waals surface area contributed by atoms with E-state index < -0.39 is 64.9 Å². The molecular formula is C36H42F6N8O4. The van der Waals surface area contributed by atoms with E-state index in [0.717, 1.165) is 38.0 Å². The summed E-state index contributed by atoms with van der Waals surface area (Å²) < 4.78 is 90.4. The van der Waals surface area contributed by atoms with Crippen LogP contribution in [0.25, 0.3) is 11.4 Å². The standard InChI is InChI=1S/C36H42F6N8O4/c37-35(38,39)26-18-22(19-27(30(26)43)36(40,41)42)20-29(32(51)48-16-14-47(15-17-48)28-21-46-10-6-23(28)7-11-46)54-34(53)49-12-8-25(9-13-49)50-33(52)44-31(45-50)24-4-2-1-3-5-24/h1-5,18-19,23,25,28-29H,6-17,20-21,43H2,(H,44,45,52)/t28?,29-/m1/s1. The normalized spacial score (nSPS) is 23.4. The maximum atomic E-state index is 14.0. The number of benzene rings is 2. The first-order chi connectivity index (χ1) is 25.7. The van der Waals surface area contributed by atoms with Crippen LogP contribution in [-0.4, -0.2) is 117 Å². The summed E-state index contributed by atoms with van der Waals surface area (Å²) >= 11 is 0. The maximum absolute atomic E-state index is 14.0. The second kappa shape index (κ2) is 14.9. The molecule has 18 heteroatoms. The molecule has 2 amide bonds.